The van der Waals surface area contributed by atoms with Gasteiger partial charge in [-0.25, -0.2) is 9.97 Å². The number of hydrogen-bond acceptors (Lipinski definition) is 5. The summed E-state index contributed by atoms with van der Waals surface area (Å²) in [4.78, 5) is 40.7. The van der Waals surface area contributed by atoms with Gasteiger partial charge in [0.25, 0.3) is 0 Å². The number of nitrogens with zero attached hydrogens (tertiary/aromatic N) is 4. The highest BCUT2D eigenvalue weighted by atomic mass is 16.2. The summed E-state index contributed by atoms with van der Waals surface area (Å²) in [6.07, 6.45) is 12.7. The molecule has 198 valence electrons. The summed E-state index contributed by atoms with van der Waals surface area (Å²) < 4.78 is 0. The van der Waals surface area contributed by atoms with Crippen LogP contribution in [-0.4, -0.2) is 58.4 Å². The van der Waals surface area contributed by atoms with E-state index in [9.17, 15) is 9.59 Å². The van der Waals surface area contributed by atoms with Crippen molar-refractivity contribution in [1.29, 1.82) is 0 Å². The Balaban J connectivity index is 1.33. The molecule has 4 heterocycles. The Morgan fingerprint density at radius 3 is 2.67 bits per heavy atom. The summed E-state index contributed by atoms with van der Waals surface area (Å²) in [6.45, 7) is 9.22. The van der Waals surface area contributed by atoms with Gasteiger partial charge in [0.15, 0.2) is 0 Å². The molecule has 5 rings (SSSR count). The second kappa shape index (κ2) is 11.1. The molecule has 0 spiro atoms. The first-order valence-electron chi connectivity index (χ1n) is 14.6. The van der Waals surface area contributed by atoms with E-state index in [0.717, 1.165) is 70.5 Å². The van der Waals surface area contributed by atoms with Crippen LogP contribution < -0.4 is 10.2 Å². The maximum atomic E-state index is 13.6. The topological polar surface area (TPSA) is 78.4 Å². The molecule has 2 amide bonds. The molecule has 0 unspecified atom stereocenters. The maximum absolute atomic E-state index is 13.6. The molecule has 3 aliphatic heterocycles. The molecule has 1 N–H and O–H groups in total. The van der Waals surface area contributed by atoms with Crippen molar-refractivity contribution >= 4 is 17.8 Å². The predicted molar refractivity (Wildman–Crippen MR) is 142 cm³/mol. The lowest BCUT2D eigenvalue weighted by Gasteiger charge is -2.51. The average Bonchev–Trinajstić information content (AvgIpc) is 2.87. The van der Waals surface area contributed by atoms with Gasteiger partial charge in [0, 0.05) is 56.5 Å². The van der Waals surface area contributed by atoms with Crippen LogP contribution in [0.4, 0.5) is 5.95 Å². The van der Waals surface area contributed by atoms with Crippen molar-refractivity contribution < 1.29 is 9.59 Å². The van der Waals surface area contributed by atoms with E-state index in [0.29, 0.717) is 42.4 Å². The molecule has 7 nitrogen and oxygen atoms in total. The summed E-state index contributed by atoms with van der Waals surface area (Å²) in [5.41, 5.74) is 2.56. The second-order valence-electron chi connectivity index (χ2n) is 12.4. The monoisotopic (exact) mass is 495 g/mol. The van der Waals surface area contributed by atoms with Crippen molar-refractivity contribution in [3.05, 3.63) is 17.5 Å². The standard InChI is InChI=1S/C29H45N5O2/c1-19(2)24-12-11-20(3)13-28(36)34-17-21-14-23(26(34)9-6-10-27(35)31-24)18-33(16-21)29-30-15-22-7-4-5-8-25(22)32-29/h15,19-21,23-24,26H,4-14,16-18H2,1-3H3,(H,31,35)/t20-,21+,23-,24+,26+/m1/s1. The van der Waals surface area contributed by atoms with Gasteiger partial charge < -0.3 is 15.1 Å². The molecule has 1 aliphatic carbocycles. The zero-order valence-electron chi connectivity index (χ0n) is 22.5. The minimum atomic E-state index is 0.167. The van der Waals surface area contributed by atoms with Gasteiger partial charge in [0.05, 0.1) is 0 Å². The zero-order chi connectivity index (χ0) is 25.2. The number of aromatic nitrogens is 2. The van der Waals surface area contributed by atoms with Crippen molar-refractivity contribution in [1.82, 2.24) is 20.2 Å². The van der Waals surface area contributed by atoms with E-state index in [1.807, 2.05) is 0 Å². The summed E-state index contributed by atoms with van der Waals surface area (Å²) >= 11 is 0. The highest BCUT2D eigenvalue weighted by Gasteiger charge is 2.43. The normalized spacial score (nSPS) is 32.1. The number of carbonyl (C=O) groups excluding carboxylic acids is 2. The first-order valence-corrected chi connectivity index (χ1v) is 14.6. The highest BCUT2D eigenvalue weighted by molar-refractivity contribution is 5.77. The van der Waals surface area contributed by atoms with E-state index in [-0.39, 0.29) is 18.0 Å². The smallest absolute Gasteiger partial charge is 0.225 e. The van der Waals surface area contributed by atoms with Crippen LogP contribution in [0.1, 0.15) is 89.8 Å². The maximum Gasteiger partial charge on any atom is 0.225 e. The summed E-state index contributed by atoms with van der Waals surface area (Å²) in [7, 11) is 0. The number of rotatable bonds is 2. The molecule has 3 fully saturated rings. The molecule has 1 aromatic rings. The van der Waals surface area contributed by atoms with E-state index in [1.54, 1.807) is 0 Å². The Hall–Kier alpha value is -2.18. The minimum Gasteiger partial charge on any atom is -0.353 e. The number of fused-ring (bicyclic) bond motifs is 5. The van der Waals surface area contributed by atoms with Crippen LogP contribution in [0.5, 0.6) is 0 Å². The van der Waals surface area contributed by atoms with Crippen LogP contribution in [-0.2, 0) is 22.4 Å². The molecule has 5 atom stereocenters. The largest absolute Gasteiger partial charge is 0.353 e. The van der Waals surface area contributed by atoms with E-state index in [1.165, 1.54) is 24.1 Å². The van der Waals surface area contributed by atoms with Gasteiger partial charge in [-0.3, -0.25) is 9.59 Å². The Kier molecular flexibility index (Phi) is 7.82. The summed E-state index contributed by atoms with van der Waals surface area (Å²) in [6, 6.07) is 0.401. The fourth-order valence-electron chi connectivity index (χ4n) is 7.09. The molecule has 0 saturated carbocycles. The van der Waals surface area contributed by atoms with E-state index in [2.05, 4.69) is 42.1 Å². The SMILES string of the molecule is CC(C)[C@@H]1CC[C@@H](C)CC(=O)N2C[C@H]3C[C@H](CN(c4ncc5c(n4)CCCC5)C3)[C@@H]2CCCC(=O)N1. The Morgan fingerprint density at radius 2 is 1.83 bits per heavy atom. The number of anilines is 1. The molecular formula is C29H45N5O2. The fourth-order valence-corrected chi connectivity index (χ4v) is 7.09. The lowest BCUT2D eigenvalue weighted by molar-refractivity contribution is -0.139. The van der Waals surface area contributed by atoms with Gasteiger partial charge in [-0.1, -0.05) is 20.8 Å². The molecule has 1 aromatic heterocycles. The van der Waals surface area contributed by atoms with Gasteiger partial charge in [-0.2, -0.15) is 0 Å². The Morgan fingerprint density at radius 1 is 1.00 bits per heavy atom. The quantitative estimate of drug-likeness (QED) is 0.667. The van der Waals surface area contributed by atoms with Gasteiger partial charge in [0.2, 0.25) is 17.8 Å². The second-order valence-corrected chi connectivity index (χ2v) is 12.4. The fraction of sp³-hybridized carbons (Fsp3) is 0.793. The lowest BCUT2D eigenvalue weighted by atomic mass is 9.77. The predicted octanol–water partition coefficient (Wildman–Crippen LogP) is 4.14. The van der Waals surface area contributed by atoms with E-state index >= 15 is 0 Å². The van der Waals surface area contributed by atoms with Crippen molar-refractivity contribution in [2.45, 2.75) is 103 Å². The number of aryl methyl sites for hydroxylation is 2. The van der Waals surface area contributed by atoms with Crippen LogP contribution in [0.3, 0.4) is 0 Å². The van der Waals surface area contributed by atoms with Crippen LogP contribution >= 0.6 is 0 Å². The van der Waals surface area contributed by atoms with Crippen molar-refractivity contribution in [2.75, 3.05) is 24.5 Å². The van der Waals surface area contributed by atoms with E-state index < -0.39 is 0 Å². The molecule has 0 radical (unpaired) electrons. The Bertz CT molecular complexity index is 950. The molecule has 2 bridgehead atoms. The summed E-state index contributed by atoms with van der Waals surface area (Å²) in [5.74, 6) is 2.97. The summed E-state index contributed by atoms with van der Waals surface area (Å²) in [5, 5.41) is 3.29. The highest BCUT2D eigenvalue weighted by Crippen LogP contribution is 2.37. The van der Waals surface area contributed by atoms with E-state index in [4.69, 9.17) is 9.97 Å². The third-order valence-electron chi connectivity index (χ3n) is 9.17. The van der Waals surface area contributed by atoms with Gasteiger partial charge in [0.1, 0.15) is 0 Å². The van der Waals surface area contributed by atoms with Crippen LogP contribution in [0.25, 0.3) is 0 Å². The van der Waals surface area contributed by atoms with Crippen molar-refractivity contribution in [3.8, 4) is 0 Å². The van der Waals surface area contributed by atoms with Crippen molar-refractivity contribution in [2.24, 2.45) is 23.7 Å². The number of nitrogens with one attached hydrogen (secondary N) is 1. The first-order chi connectivity index (χ1) is 17.4. The molecule has 0 aromatic carbocycles. The molecule has 3 saturated heterocycles. The number of carbonyl (C=O) groups is 2. The third kappa shape index (κ3) is 5.70. The van der Waals surface area contributed by atoms with Crippen LogP contribution in [0, 0.1) is 23.7 Å². The van der Waals surface area contributed by atoms with Gasteiger partial charge >= 0.3 is 0 Å². The minimum absolute atomic E-state index is 0.167. The lowest BCUT2D eigenvalue weighted by Crippen LogP contribution is -2.59. The number of piperidine rings is 2. The average molecular weight is 496 g/mol. The van der Waals surface area contributed by atoms with Crippen molar-refractivity contribution in [3.63, 3.8) is 0 Å². The Labute approximate surface area is 216 Å². The van der Waals surface area contributed by atoms with Gasteiger partial charge in [-0.15, -0.1) is 0 Å². The molecule has 4 aliphatic rings. The zero-order valence-corrected chi connectivity index (χ0v) is 22.5. The van der Waals surface area contributed by atoms with Crippen LogP contribution in [0.2, 0.25) is 0 Å². The third-order valence-corrected chi connectivity index (χ3v) is 9.17. The van der Waals surface area contributed by atoms with Crippen LogP contribution in [0.15, 0.2) is 6.20 Å². The molecular weight excluding hydrogens is 450 g/mol. The number of amides is 2. The number of hydrogen-bond donors (Lipinski definition) is 1. The molecule has 7 heteroatoms. The first kappa shape index (κ1) is 25.5. The van der Waals surface area contributed by atoms with Gasteiger partial charge in [-0.05, 0) is 87.0 Å². The molecule has 36 heavy (non-hydrogen) atoms.